The largest absolute Gasteiger partial charge is 0.612 e. The van der Waals surface area contributed by atoms with Crippen molar-refractivity contribution >= 4 is 33.8 Å². The van der Waals surface area contributed by atoms with Gasteiger partial charge in [0.1, 0.15) is 17.6 Å². The summed E-state index contributed by atoms with van der Waals surface area (Å²) in [6, 6.07) is 13.2. The van der Waals surface area contributed by atoms with Gasteiger partial charge in [0.05, 0.1) is 0 Å². The molecule has 0 saturated carbocycles. The third-order valence-electron chi connectivity index (χ3n) is 5.73. The minimum Gasteiger partial charge on any atom is -0.612 e. The van der Waals surface area contributed by atoms with Crippen molar-refractivity contribution in [3.05, 3.63) is 88.0 Å². The van der Waals surface area contributed by atoms with Gasteiger partial charge in [-0.05, 0) is 85.0 Å². The lowest BCUT2D eigenvalue weighted by molar-refractivity contribution is 0.0950. The molecule has 0 aliphatic heterocycles. The molecule has 0 bridgehead atoms. The SMILES string of the molecule is Cc1ccc2cc(Cc3cc(C(=O)NCc4c(C)cc(N)nc4C)ccn3)cc([S+](C)[O-])c2n1. The van der Waals surface area contributed by atoms with Crippen molar-refractivity contribution in [2.24, 2.45) is 0 Å². The number of nitrogens with one attached hydrogen (secondary N) is 1. The lowest BCUT2D eigenvalue weighted by Crippen LogP contribution is -2.24. The van der Waals surface area contributed by atoms with E-state index in [0.717, 1.165) is 44.7 Å². The highest BCUT2D eigenvalue weighted by Crippen LogP contribution is 2.25. The molecule has 3 N–H and O–H groups in total. The van der Waals surface area contributed by atoms with Gasteiger partial charge in [-0.25, -0.2) is 9.97 Å². The number of rotatable bonds is 6. The van der Waals surface area contributed by atoms with E-state index in [-0.39, 0.29) is 5.91 Å². The molecule has 1 unspecified atom stereocenters. The lowest BCUT2D eigenvalue weighted by atomic mass is 10.0. The number of aryl methyl sites for hydroxylation is 3. The van der Waals surface area contributed by atoms with E-state index in [0.29, 0.717) is 29.2 Å². The number of amides is 1. The number of carbonyl (C=O) groups is 1. The Bertz CT molecular complexity index is 1360. The number of aromatic nitrogens is 3. The zero-order valence-electron chi connectivity index (χ0n) is 19.7. The third kappa shape index (κ3) is 5.18. The maximum absolute atomic E-state index is 12.8. The minimum absolute atomic E-state index is 0.187. The molecular formula is C26H27N5O2S. The van der Waals surface area contributed by atoms with Crippen LogP contribution in [0.25, 0.3) is 10.9 Å². The summed E-state index contributed by atoms with van der Waals surface area (Å²) in [5.41, 5.74) is 12.4. The number of hydrogen-bond donors (Lipinski definition) is 2. The molecule has 174 valence electrons. The predicted octanol–water partition coefficient (Wildman–Crippen LogP) is 3.79. The van der Waals surface area contributed by atoms with Gasteiger partial charge in [0.15, 0.2) is 4.90 Å². The van der Waals surface area contributed by atoms with Crippen LogP contribution < -0.4 is 11.1 Å². The Morgan fingerprint density at radius 2 is 1.88 bits per heavy atom. The van der Waals surface area contributed by atoms with E-state index in [1.54, 1.807) is 30.7 Å². The number of nitrogen functional groups attached to an aromatic ring is 1. The molecule has 8 heteroatoms. The topological polar surface area (TPSA) is 117 Å². The molecule has 7 nitrogen and oxygen atoms in total. The summed E-state index contributed by atoms with van der Waals surface area (Å²) in [6.45, 7) is 6.12. The first-order valence-corrected chi connectivity index (χ1v) is 12.5. The second kappa shape index (κ2) is 9.79. The van der Waals surface area contributed by atoms with E-state index in [4.69, 9.17) is 5.73 Å². The Morgan fingerprint density at radius 3 is 2.62 bits per heavy atom. The maximum atomic E-state index is 12.8. The zero-order valence-corrected chi connectivity index (χ0v) is 20.5. The van der Waals surface area contributed by atoms with Gasteiger partial charge in [0, 0.05) is 47.2 Å². The molecule has 3 heterocycles. The van der Waals surface area contributed by atoms with Crippen LogP contribution in [-0.4, -0.2) is 31.7 Å². The van der Waals surface area contributed by atoms with Crippen molar-refractivity contribution in [2.45, 2.75) is 38.6 Å². The average molecular weight is 474 g/mol. The smallest absolute Gasteiger partial charge is 0.251 e. The summed E-state index contributed by atoms with van der Waals surface area (Å²) in [4.78, 5) is 26.8. The van der Waals surface area contributed by atoms with Crippen molar-refractivity contribution in [1.82, 2.24) is 20.3 Å². The Morgan fingerprint density at radius 1 is 1.09 bits per heavy atom. The fraction of sp³-hybridized carbons (Fsp3) is 0.231. The summed E-state index contributed by atoms with van der Waals surface area (Å²) in [6.07, 6.45) is 3.80. The van der Waals surface area contributed by atoms with Crippen LogP contribution in [0.4, 0.5) is 5.82 Å². The molecule has 1 aromatic carbocycles. The van der Waals surface area contributed by atoms with E-state index in [2.05, 4.69) is 20.3 Å². The molecule has 0 spiro atoms. The number of carbonyl (C=O) groups excluding carboxylic acids is 1. The quantitative estimate of drug-likeness (QED) is 0.412. The fourth-order valence-corrected chi connectivity index (χ4v) is 4.78. The van der Waals surface area contributed by atoms with E-state index < -0.39 is 11.2 Å². The summed E-state index contributed by atoms with van der Waals surface area (Å²) in [5.74, 6) is 0.284. The lowest BCUT2D eigenvalue weighted by Gasteiger charge is -2.12. The van der Waals surface area contributed by atoms with Gasteiger partial charge in [-0.15, -0.1) is 0 Å². The van der Waals surface area contributed by atoms with E-state index >= 15 is 0 Å². The Balaban J connectivity index is 1.54. The first-order valence-electron chi connectivity index (χ1n) is 10.9. The van der Waals surface area contributed by atoms with Gasteiger partial charge in [0.25, 0.3) is 5.91 Å². The molecule has 1 amide bonds. The predicted molar refractivity (Wildman–Crippen MR) is 135 cm³/mol. The van der Waals surface area contributed by atoms with Crippen LogP contribution in [0.3, 0.4) is 0 Å². The van der Waals surface area contributed by atoms with Crippen molar-refractivity contribution in [3.63, 3.8) is 0 Å². The first kappa shape index (κ1) is 23.7. The van der Waals surface area contributed by atoms with Crippen LogP contribution >= 0.6 is 0 Å². The van der Waals surface area contributed by atoms with E-state index in [1.165, 1.54) is 0 Å². The van der Waals surface area contributed by atoms with Crippen LogP contribution in [0.2, 0.25) is 0 Å². The number of fused-ring (bicyclic) bond motifs is 1. The van der Waals surface area contributed by atoms with Crippen LogP contribution in [0.5, 0.6) is 0 Å². The van der Waals surface area contributed by atoms with Crippen molar-refractivity contribution in [3.8, 4) is 0 Å². The second-order valence-electron chi connectivity index (χ2n) is 8.40. The summed E-state index contributed by atoms with van der Waals surface area (Å²) < 4.78 is 12.4. The minimum atomic E-state index is -1.18. The molecule has 0 aliphatic carbocycles. The monoisotopic (exact) mass is 473 g/mol. The van der Waals surface area contributed by atoms with Crippen molar-refractivity contribution in [1.29, 1.82) is 0 Å². The van der Waals surface area contributed by atoms with E-state index in [9.17, 15) is 9.35 Å². The normalized spacial score (nSPS) is 12.0. The number of anilines is 1. The summed E-state index contributed by atoms with van der Waals surface area (Å²) in [5, 5.41) is 3.90. The summed E-state index contributed by atoms with van der Waals surface area (Å²) >= 11 is -1.18. The van der Waals surface area contributed by atoms with Crippen LogP contribution in [0.15, 0.2) is 53.6 Å². The molecule has 0 radical (unpaired) electrons. The molecule has 4 rings (SSSR count). The van der Waals surface area contributed by atoms with Gasteiger partial charge in [-0.3, -0.25) is 9.78 Å². The molecule has 1 atom stereocenters. The Labute approximate surface area is 202 Å². The Hall–Kier alpha value is -3.49. The van der Waals surface area contributed by atoms with E-state index in [1.807, 2.05) is 45.0 Å². The van der Waals surface area contributed by atoms with Crippen molar-refractivity contribution in [2.75, 3.05) is 12.0 Å². The number of pyridine rings is 3. The maximum Gasteiger partial charge on any atom is 0.251 e. The molecular weight excluding hydrogens is 446 g/mol. The second-order valence-corrected chi connectivity index (χ2v) is 9.74. The fourth-order valence-electron chi connectivity index (χ4n) is 4.03. The van der Waals surface area contributed by atoms with Gasteiger partial charge in [0.2, 0.25) is 0 Å². The molecule has 0 saturated heterocycles. The third-order valence-corrected chi connectivity index (χ3v) is 6.66. The van der Waals surface area contributed by atoms with Gasteiger partial charge < -0.3 is 15.6 Å². The molecule has 0 fully saturated rings. The highest BCUT2D eigenvalue weighted by atomic mass is 32.2. The number of nitrogens with zero attached hydrogens (tertiary/aromatic N) is 3. The number of hydrogen-bond acceptors (Lipinski definition) is 6. The van der Waals surface area contributed by atoms with Crippen molar-refractivity contribution < 1.29 is 9.35 Å². The van der Waals surface area contributed by atoms with Gasteiger partial charge in [-0.1, -0.05) is 6.07 Å². The Kier molecular flexibility index (Phi) is 6.81. The molecule has 3 aromatic heterocycles. The molecule has 34 heavy (non-hydrogen) atoms. The average Bonchev–Trinajstić information content (AvgIpc) is 2.78. The highest BCUT2D eigenvalue weighted by molar-refractivity contribution is 7.91. The van der Waals surface area contributed by atoms with Crippen LogP contribution in [0.1, 0.15) is 44.1 Å². The number of nitrogens with two attached hydrogens (primary N) is 1. The molecule has 4 aromatic rings. The van der Waals surface area contributed by atoms with Gasteiger partial charge in [-0.2, -0.15) is 0 Å². The zero-order chi connectivity index (χ0) is 24.4. The first-order chi connectivity index (χ1) is 16.2. The summed E-state index contributed by atoms with van der Waals surface area (Å²) in [7, 11) is 0. The van der Waals surface area contributed by atoms with Gasteiger partial charge >= 0.3 is 0 Å². The standard InChI is InChI=1S/C26H27N5O2S/c1-15-9-24(27)31-17(3)22(15)14-29-26(32)20-7-8-28-21(13-20)11-18-10-19-6-5-16(2)30-25(19)23(12-18)34(4)33/h5-10,12-13H,11,14H2,1-4H3,(H2,27,31)(H,29,32). The van der Waals surface area contributed by atoms with Crippen LogP contribution in [0, 0.1) is 20.8 Å². The molecule has 0 aliphatic rings. The van der Waals surface area contributed by atoms with Crippen LogP contribution in [-0.2, 0) is 24.1 Å². The highest BCUT2D eigenvalue weighted by Gasteiger charge is 2.15. The number of benzene rings is 1.